The summed E-state index contributed by atoms with van der Waals surface area (Å²) in [5.41, 5.74) is 7.39. The molecule has 0 heterocycles. The number of ketones is 1. The number of benzene rings is 2. The minimum absolute atomic E-state index is 0.182. The minimum atomic E-state index is -1.11. The standard InChI is InChI=1S/C18H18ClNO3/c1-23-18(22)15(19)16(20)14(12-8-4-2-5-9-12)17(21)13-10-6-3-7-11-13/h2-11,14-16H,20H2,1H3/t14?,15-,16-/m1/s1. The molecule has 0 amide bonds. The third kappa shape index (κ3) is 3.97. The molecule has 0 radical (unpaired) electrons. The molecule has 0 fully saturated rings. The molecule has 120 valence electrons. The Balaban J connectivity index is 2.40. The van der Waals surface area contributed by atoms with Crippen LogP contribution in [0, 0.1) is 0 Å². The molecule has 2 aromatic carbocycles. The molecule has 0 aliphatic carbocycles. The Labute approximate surface area is 140 Å². The molecule has 5 heteroatoms. The van der Waals surface area contributed by atoms with Crippen molar-refractivity contribution in [3.8, 4) is 0 Å². The van der Waals surface area contributed by atoms with Crippen LogP contribution in [0.2, 0.25) is 0 Å². The van der Waals surface area contributed by atoms with E-state index in [0.717, 1.165) is 0 Å². The van der Waals surface area contributed by atoms with Crippen molar-refractivity contribution >= 4 is 23.4 Å². The van der Waals surface area contributed by atoms with E-state index in [9.17, 15) is 9.59 Å². The summed E-state index contributed by atoms with van der Waals surface area (Å²) in [7, 11) is 1.24. The number of methoxy groups -OCH3 is 1. The van der Waals surface area contributed by atoms with Crippen LogP contribution in [0.3, 0.4) is 0 Å². The van der Waals surface area contributed by atoms with Crippen molar-refractivity contribution in [2.24, 2.45) is 5.73 Å². The SMILES string of the molecule is COC(=O)[C@H](Cl)[C@H](N)C(C(=O)c1ccccc1)c1ccccc1. The van der Waals surface area contributed by atoms with Crippen molar-refractivity contribution < 1.29 is 14.3 Å². The van der Waals surface area contributed by atoms with E-state index < -0.39 is 23.3 Å². The van der Waals surface area contributed by atoms with E-state index in [1.165, 1.54) is 7.11 Å². The molecule has 2 rings (SSSR count). The number of Topliss-reactive ketones (excluding diaryl/α,β-unsaturated/α-hetero) is 1. The second kappa shape index (κ2) is 7.90. The summed E-state index contributed by atoms with van der Waals surface area (Å²) >= 11 is 6.11. The second-order valence-electron chi connectivity index (χ2n) is 5.12. The van der Waals surface area contributed by atoms with E-state index in [4.69, 9.17) is 17.3 Å². The molecular weight excluding hydrogens is 314 g/mol. The summed E-state index contributed by atoms with van der Waals surface area (Å²) in [5, 5.41) is -1.11. The molecule has 0 aliphatic rings. The number of esters is 1. The van der Waals surface area contributed by atoms with Crippen LogP contribution < -0.4 is 5.73 Å². The van der Waals surface area contributed by atoms with Gasteiger partial charge in [-0.1, -0.05) is 60.7 Å². The van der Waals surface area contributed by atoms with Gasteiger partial charge in [0.05, 0.1) is 13.0 Å². The van der Waals surface area contributed by atoms with Crippen LogP contribution in [0.4, 0.5) is 0 Å². The molecule has 0 aliphatic heterocycles. The third-order valence-corrected chi connectivity index (χ3v) is 4.12. The van der Waals surface area contributed by atoms with E-state index in [0.29, 0.717) is 11.1 Å². The summed E-state index contributed by atoms with van der Waals surface area (Å²) in [6.07, 6.45) is 0. The topological polar surface area (TPSA) is 69.4 Å². The Kier molecular flexibility index (Phi) is 5.90. The molecular formula is C18H18ClNO3. The molecule has 2 aromatic rings. The Hall–Kier alpha value is -2.17. The number of hydrogen-bond acceptors (Lipinski definition) is 4. The van der Waals surface area contributed by atoms with Crippen LogP contribution >= 0.6 is 11.6 Å². The van der Waals surface area contributed by atoms with Crippen molar-refractivity contribution in [3.63, 3.8) is 0 Å². The quantitative estimate of drug-likeness (QED) is 0.502. The highest BCUT2D eigenvalue weighted by atomic mass is 35.5. The monoisotopic (exact) mass is 331 g/mol. The zero-order valence-corrected chi connectivity index (χ0v) is 13.4. The molecule has 23 heavy (non-hydrogen) atoms. The summed E-state index contributed by atoms with van der Waals surface area (Å²) in [6.45, 7) is 0. The molecule has 0 bridgehead atoms. The van der Waals surface area contributed by atoms with E-state index in [1.54, 1.807) is 36.4 Å². The summed E-state index contributed by atoms with van der Waals surface area (Å²) in [4.78, 5) is 24.6. The van der Waals surface area contributed by atoms with Crippen LogP contribution in [0.1, 0.15) is 21.8 Å². The fraction of sp³-hybridized carbons (Fsp3) is 0.222. The van der Waals surface area contributed by atoms with Crippen LogP contribution in [0.15, 0.2) is 60.7 Å². The maximum atomic E-state index is 12.9. The molecule has 0 saturated carbocycles. The lowest BCUT2D eigenvalue weighted by Gasteiger charge is -2.25. The van der Waals surface area contributed by atoms with Gasteiger partial charge in [-0.3, -0.25) is 9.59 Å². The Bertz CT molecular complexity index is 660. The van der Waals surface area contributed by atoms with E-state index >= 15 is 0 Å². The summed E-state index contributed by atoms with van der Waals surface area (Å²) in [5.74, 6) is -1.57. The fourth-order valence-electron chi connectivity index (χ4n) is 2.43. The Morgan fingerprint density at radius 1 is 1.00 bits per heavy atom. The van der Waals surface area contributed by atoms with Crippen LogP contribution in [0.25, 0.3) is 0 Å². The second-order valence-corrected chi connectivity index (χ2v) is 5.59. The van der Waals surface area contributed by atoms with Crippen molar-refractivity contribution in [1.82, 2.24) is 0 Å². The lowest BCUT2D eigenvalue weighted by atomic mass is 9.83. The average Bonchev–Trinajstić information content (AvgIpc) is 2.62. The maximum Gasteiger partial charge on any atom is 0.325 e. The predicted octanol–water partition coefficient (Wildman–Crippen LogP) is 2.76. The molecule has 0 saturated heterocycles. The number of carbonyl (C=O) groups is 2. The van der Waals surface area contributed by atoms with Crippen LogP contribution in [-0.4, -0.2) is 30.3 Å². The van der Waals surface area contributed by atoms with Gasteiger partial charge in [-0.15, -0.1) is 11.6 Å². The zero-order valence-electron chi connectivity index (χ0n) is 12.7. The van der Waals surface area contributed by atoms with Crippen molar-refractivity contribution in [2.75, 3.05) is 7.11 Å². The van der Waals surface area contributed by atoms with Gasteiger partial charge in [-0.25, -0.2) is 0 Å². The number of alkyl halides is 1. The first-order valence-electron chi connectivity index (χ1n) is 7.18. The van der Waals surface area contributed by atoms with Crippen molar-refractivity contribution in [1.29, 1.82) is 0 Å². The number of hydrogen-bond donors (Lipinski definition) is 1. The number of rotatable bonds is 6. The predicted molar refractivity (Wildman–Crippen MR) is 89.6 cm³/mol. The molecule has 1 unspecified atom stereocenters. The van der Waals surface area contributed by atoms with Gasteiger partial charge < -0.3 is 10.5 Å². The van der Waals surface area contributed by atoms with Crippen LogP contribution in [0.5, 0.6) is 0 Å². The number of nitrogens with two attached hydrogens (primary N) is 1. The summed E-state index contributed by atoms with van der Waals surface area (Å²) in [6, 6.07) is 17.0. The molecule has 0 aromatic heterocycles. The van der Waals surface area contributed by atoms with Crippen molar-refractivity contribution in [3.05, 3.63) is 71.8 Å². The highest BCUT2D eigenvalue weighted by Crippen LogP contribution is 2.27. The Morgan fingerprint density at radius 3 is 2.04 bits per heavy atom. The Morgan fingerprint density at radius 2 is 1.52 bits per heavy atom. The smallest absolute Gasteiger partial charge is 0.325 e. The highest BCUT2D eigenvalue weighted by Gasteiger charge is 2.36. The average molecular weight is 332 g/mol. The minimum Gasteiger partial charge on any atom is -0.468 e. The van der Waals surface area contributed by atoms with Crippen molar-refractivity contribution in [2.45, 2.75) is 17.3 Å². The number of halogens is 1. The van der Waals surface area contributed by atoms with Gasteiger partial charge in [-0.05, 0) is 5.56 Å². The molecule has 2 N–H and O–H groups in total. The molecule has 3 atom stereocenters. The third-order valence-electron chi connectivity index (χ3n) is 3.65. The van der Waals surface area contributed by atoms with E-state index in [-0.39, 0.29) is 5.78 Å². The van der Waals surface area contributed by atoms with Crippen LogP contribution in [-0.2, 0) is 9.53 Å². The lowest BCUT2D eigenvalue weighted by molar-refractivity contribution is -0.140. The fourth-order valence-corrected chi connectivity index (χ4v) is 2.66. The molecule has 0 spiro atoms. The zero-order chi connectivity index (χ0) is 16.8. The van der Waals surface area contributed by atoms with Gasteiger partial charge in [-0.2, -0.15) is 0 Å². The van der Waals surface area contributed by atoms with Gasteiger partial charge in [0.25, 0.3) is 0 Å². The normalized spacial score (nSPS) is 14.6. The van der Waals surface area contributed by atoms with Gasteiger partial charge in [0.1, 0.15) is 5.38 Å². The summed E-state index contributed by atoms with van der Waals surface area (Å²) < 4.78 is 4.64. The largest absolute Gasteiger partial charge is 0.468 e. The van der Waals surface area contributed by atoms with Gasteiger partial charge in [0.15, 0.2) is 5.78 Å². The first kappa shape index (κ1) is 17.2. The number of ether oxygens (including phenoxy) is 1. The van der Waals surface area contributed by atoms with Gasteiger partial charge in [0.2, 0.25) is 0 Å². The first-order chi connectivity index (χ1) is 11.1. The van der Waals surface area contributed by atoms with Gasteiger partial charge >= 0.3 is 5.97 Å². The highest BCUT2D eigenvalue weighted by molar-refractivity contribution is 6.30. The first-order valence-corrected chi connectivity index (χ1v) is 7.61. The van der Waals surface area contributed by atoms with E-state index in [2.05, 4.69) is 4.74 Å². The maximum absolute atomic E-state index is 12.9. The van der Waals surface area contributed by atoms with E-state index in [1.807, 2.05) is 24.3 Å². The molecule has 4 nitrogen and oxygen atoms in total. The van der Waals surface area contributed by atoms with Gasteiger partial charge in [0, 0.05) is 11.6 Å². The lowest BCUT2D eigenvalue weighted by Crippen LogP contribution is -2.44. The number of carbonyl (C=O) groups excluding carboxylic acids is 2.